The Morgan fingerprint density at radius 3 is 2.42 bits per heavy atom. The zero-order valence-corrected chi connectivity index (χ0v) is 23.5. The predicted molar refractivity (Wildman–Crippen MR) is 152 cm³/mol. The van der Waals surface area contributed by atoms with Gasteiger partial charge in [0.25, 0.3) is 5.91 Å². The topological polar surface area (TPSA) is 85.8 Å². The molecule has 1 saturated heterocycles. The van der Waals surface area contributed by atoms with Gasteiger partial charge in [-0.2, -0.15) is 4.31 Å². The number of halogens is 2. The molecular weight excluding hydrogens is 556 g/mol. The summed E-state index contributed by atoms with van der Waals surface area (Å²) in [5, 5.41) is 3.56. The summed E-state index contributed by atoms with van der Waals surface area (Å²) in [6.07, 6.45) is 0. The maximum Gasteiger partial charge on any atom is 0.251 e. The molecule has 12 heteroatoms. The molecule has 0 spiro atoms. The highest BCUT2D eigenvalue weighted by Gasteiger charge is 2.23. The minimum Gasteiger partial charge on any atom is -0.351 e. The van der Waals surface area contributed by atoms with E-state index in [1.807, 2.05) is 30.3 Å². The number of piperazine rings is 1. The number of thiazole rings is 1. The molecule has 0 atom stereocenters. The van der Waals surface area contributed by atoms with Crippen molar-refractivity contribution in [3.63, 3.8) is 0 Å². The maximum absolute atomic E-state index is 14.0. The lowest BCUT2D eigenvalue weighted by atomic mass is 10.2. The third-order valence-electron chi connectivity index (χ3n) is 6.83. The van der Waals surface area contributed by atoms with Crippen molar-refractivity contribution >= 4 is 42.6 Å². The Morgan fingerprint density at radius 1 is 1.02 bits per heavy atom. The van der Waals surface area contributed by atoms with E-state index in [1.165, 1.54) is 53.0 Å². The highest BCUT2D eigenvalue weighted by Crippen LogP contribution is 2.31. The molecule has 1 amide bonds. The van der Waals surface area contributed by atoms with E-state index in [0.29, 0.717) is 41.6 Å². The van der Waals surface area contributed by atoms with Gasteiger partial charge in [-0.1, -0.05) is 41.7 Å². The lowest BCUT2D eigenvalue weighted by molar-refractivity contribution is 0.0947. The fourth-order valence-electron chi connectivity index (χ4n) is 4.56. The Bertz CT molecular complexity index is 1590. The van der Waals surface area contributed by atoms with Crippen LogP contribution in [0.1, 0.15) is 15.9 Å². The molecule has 0 saturated carbocycles. The summed E-state index contributed by atoms with van der Waals surface area (Å²) in [6.45, 7) is 4.19. The maximum atomic E-state index is 14.0. The Hall–Kier alpha value is -3.45. The molecule has 4 aromatic rings. The monoisotopic (exact) mass is 585 g/mol. The molecule has 1 fully saturated rings. The first-order chi connectivity index (χ1) is 19.2. The van der Waals surface area contributed by atoms with Crippen molar-refractivity contribution in [2.75, 3.05) is 51.2 Å². The number of hydrogen-bond acceptors (Lipinski definition) is 7. The van der Waals surface area contributed by atoms with Crippen LogP contribution in [-0.4, -0.2) is 74.8 Å². The van der Waals surface area contributed by atoms with Crippen LogP contribution in [-0.2, 0) is 16.6 Å². The minimum atomic E-state index is -3.70. The number of fused-ring (bicyclic) bond motifs is 1. The van der Waals surface area contributed by atoms with Gasteiger partial charge in [0.1, 0.15) is 11.3 Å². The van der Waals surface area contributed by atoms with Gasteiger partial charge in [-0.25, -0.2) is 22.2 Å². The number of nitrogens with one attached hydrogen (secondary N) is 1. The van der Waals surface area contributed by atoms with Gasteiger partial charge in [0, 0.05) is 64.5 Å². The lowest BCUT2D eigenvalue weighted by Crippen LogP contribution is -2.48. The normalized spacial score (nSPS) is 14.7. The quantitative estimate of drug-likeness (QED) is 0.320. The largest absolute Gasteiger partial charge is 0.351 e. The van der Waals surface area contributed by atoms with Crippen molar-refractivity contribution in [2.45, 2.75) is 11.4 Å². The van der Waals surface area contributed by atoms with Crippen molar-refractivity contribution in [2.24, 2.45) is 0 Å². The molecular formula is C28H29F2N5O3S2. The number of benzene rings is 3. The lowest BCUT2D eigenvalue weighted by Gasteiger charge is -2.34. The second-order valence-electron chi connectivity index (χ2n) is 9.59. The first-order valence-electron chi connectivity index (χ1n) is 12.8. The Labute approximate surface area is 235 Å². The SMILES string of the molecule is CN(Cc1ccccc1)S(=O)(=O)c1ccc(C(=O)NCCN2CCN(c3nc4c(F)cc(F)cc4s3)CC2)cc1. The van der Waals surface area contributed by atoms with Crippen LogP contribution in [0, 0.1) is 11.6 Å². The minimum absolute atomic E-state index is 0.126. The van der Waals surface area contributed by atoms with E-state index in [1.54, 1.807) is 0 Å². The number of amides is 1. The van der Waals surface area contributed by atoms with Crippen LogP contribution in [0.15, 0.2) is 71.6 Å². The van der Waals surface area contributed by atoms with Crippen LogP contribution in [0.2, 0.25) is 0 Å². The molecule has 0 radical (unpaired) electrons. The first kappa shape index (κ1) is 28.1. The summed E-state index contributed by atoms with van der Waals surface area (Å²) in [4.78, 5) is 21.4. The van der Waals surface area contributed by atoms with Gasteiger partial charge in [0.05, 0.1) is 9.60 Å². The molecule has 8 nitrogen and oxygen atoms in total. The van der Waals surface area contributed by atoms with E-state index >= 15 is 0 Å². The summed E-state index contributed by atoms with van der Waals surface area (Å²) in [7, 11) is -2.17. The summed E-state index contributed by atoms with van der Waals surface area (Å²) < 4.78 is 55.2. The van der Waals surface area contributed by atoms with E-state index in [2.05, 4.69) is 20.1 Å². The first-order valence-corrected chi connectivity index (χ1v) is 15.1. The van der Waals surface area contributed by atoms with E-state index in [9.17, 15) is 22.0 Å². The summed E-state index contributed by atoms with van der Waals surface area (Å²) in [6, 6.07) is 17.4. The molecule has 1 aliphatic heterocycles. The molecule has 40 heavy (non-hydrogen) atoms. The average molecular weight is 586 g/mol. The molecule has 0 unspecified atom stereocenters. The Morgan fingerprint density at radius 2 is 1.73 bits per heavy atom. The van der Waals surface area contributed by atoms with Gasteiger partial charge in [0.2, 0.25) is 10.0 Å². The standard InChI is InChI=1S/C28H29F2N5O3S2/c1-33(19-20-5-3-2-4-6-20)40(37,38)23-9-7-21(8-10-23)27(36)31-11-12-34-13-15-35(16-14-34)28-32-26-24(30)17-22(29)18-25(26)39-28/h2-10,17-18H,11-16,19H2,1H3,(H,31,36). The molecule has 5 rings (SSSR count). The van der Waals surface area contributed by atoms with Crippen LogP contribution in [0.25, 0.3) is 10.2 Å². The number of sulfonamides is 1. The molecule has 3 aromatic carbocycles. The zero-order chi connectivity index (χ0) is 28.3. The Balaban J connectivity index is 1.09. The summed E-state index contributed by atoms with van der Waals surface area (Å²) in [5.41, 5.74) is 1.46. The number of carbonyl (C=O) groups excluding carboxylic acids is 1. The Kier molecular flexibility index (Phi) is 8.40. The third kappa shape index (κ3) is 6.30. The van der Waals surface area contributed by atoms with Crippen molar-refractivity contribution in [1.82, 2.24) is 19.5 Å². The van der Waals surface area contributed by atoms with Crippen LogP contribution < -0.4 is 10.2 Å². The van der Waals surface area contributed by atoms with E-state index in [4.69, 9.17) is 0 Å². The van der Waals surface area contributed by atoms with Gasteiger partial charge in [-0.3, -0.25) is 9.69 Å². The molecule has 2 heterocycles. The molecule has 0 aliphatic carbocycles. The van der Waals surface area contributed by atoms with Gasteiger partial charge in [-0.15, -0.1) is 0 Å². The van der Waals surface area contributed by atoms with E-state index < -0.39 is 21.7 Å². The predicted octanol–water partition coefficient (Wildman–Crippen LogP) is 3.95. The molecule has 0 bridgehead atoms. The van der Waals surface area contributed by atoms with Crippen molar-refractivity contribution in [1.29, 1.82) is 0 Å². The van der Waals surface area contributed by atoms with E-state index in [-0.39, 0.29) is 22.9 Å². The van der Waals surface area contributed by atoms with Gasteiger partial charge < -0.3 is 10.2 Å². The number of carbonyl (C=O) groups is 1. The number of aromatic nitrogens is 1. The third-order valence-corrected chi connectivity index (χ3v) is 9.71. The van der Waals surface area contributed by atoms with Crippen LogP contribution in [0.4, 0.5) is 13.9 Å². The fourth-order valence-corrected chi connectivity index (χ4v) is 6.77. The molecule has 1 aromatic heterocycles. The zero-order valence-electron chi connectivity index (χ0n) is 21.9. The molecule has 1 N–H and O–H groups in total. The van der Waals surface area contributed by atoms with Gasteiger partial charge >= 0.3 is 0 Å². The average Bonchev–Trinajstić information content (AvgIpc) is 3.38. The van der Waals surface area contributed by atoms with Gasteiger partial charge in [-0.05, 0) is 35.9 Å². The van der Waals surface area contributed by atoms with Crippen molar-refractivity contribution < 1.29 is 22.0 Å². The van der Waals surface area contributed by atoms with Gasteiger partial charge in [0.15, 0.2) is 10.9 Å². The second kappa shape index (κ2) is 12.0. The van der Waals surface area contributed by atoms with Crippen LogP contribution in [0.3, 0.4) is 0 Å². The van der Waals surface area contributed by atoms with E-state index in [0.717, 1.165) is 24.7 Å². The second-order valence-corrected chi connectivity index (χ2v) is 12.6. The number of anilines is 1. The molecule has 210 valence electrons. The van der Waals surface area contributed by atoms with Crippen molar-refractivity contribution in [3.8, 4) is 0 Å². The number of rotatable bonds is 9. The number of hydrogen-bond donors (Lipinski definition) is 1. The summed E-state index contributed by atoms with van der Waals surface area (Å²) >= 11 is 1.28. The molecule has 1 aliphatic rings. The highest BCUT2D eigenvalue weighted by atomic mass is 32.2. The van der Waals surface area contributed by atoms with Crippen molar-refractivity contribution in [3.05, 3.63) is 89.5 Å². The summed E-state index contributed by atoms with van der Waals surface area (Å²) in [5.74, 6) is -1.54. The van der Waals surface area contributed by atoms with Crippen LogP contribution >= 0.6 is 11.3 Å². The number of nitrogens with zero attached hydrogens (tertiary/aromatic N) is 4. The fraction of sp³-hybridized carbons (Fsp3) is 0.286. The van der Waals surface area contributed by atoms with Crippen LogP contribution in [0.5, 0.6) is 0 Å². The smallest absolute Gasteiger partial charge is 0.251 e. The highest BCUT2D eigenvalue weighted by molar-refractivity contribution is 7.89.